The number of ether oxygens (including phenoxy) is 1. The molecule has 0 saturated heterocycles. The van der Waals surface area contributed by atoms with Gasteiger partial charge in [-0.05, 0) is 28.1 Å². The third-order valence-electron chi connectivity index (χ3n) is 2.03. The lowest BCUT2D eigenvalue weighted by atomic mass is 9.91. The van der Waals surface area contributed by atoms with E-state index in [0.29, 0.717) is 5.75 Å². The molecule has 15 heavy (non-hydrogen) atoms. The molecule has 0 amide bonds. The molecule has 0 N–H and O–H groups in total. The molecule has 0 atom stereocenters. The van der Waals surface area contributed by atoms with E-state index in [1.54, 1.807) is 0 Å². The largest absolute Gasteiger partial charge is 0.485 e. The monoisotopic (exact) mass is 270 g/mol. The van der Waals surface area contributed by atoms with E-state index in [2.05, 4.69) is 15.9 Å². The van der Waals surface area contributed by atoms with Crippen molar-refractivity contribution in [2.45, 2.75) is 20.8 Å². The van der Waals surface area contributed by atoms with Gasteiger partial charge in [0.15, 0.2) is 5.78 Å². The van der Waals surface area contributed by atoms with E-state index in [-0.39, 0.29) is 17.8 Å². The second kappa shape index (κ2) is 4.79. The summed E-state index contributed by atoms with van der Waals surface area (Å²) in [7, 11) is 0. The predicted molar refractivity (Wildman–Crippen MR) is 64.1 cm³/mol. The molecule has 0 aliphatic carbocycles. The van der Waals surface area contributed by atoms with Crippen molar-refractivity contribution in [1.82, 2.24) is 0 Å². The van der Waals surface area contributed by atoms with E-state index in [0.717, 1.165) is 4.47 Å². The first kappa shape index (κ1) is 12.2. The van der Waals surface area contributed by atoms with E-state index in [4.69, 9.17) is 4.74 Å². The number of para-hydroxylation sites is 1. The Hall–Kier alpha value is -0.830. The van der Waals surface area contributed by atoms with Gasteiger partial charge in [0, 0.05) is 5.41 Å². The number of hydrogen-bond donors (Lipinski definition) is 0. The van der Waals surface area contributed by atoms with Crippen LogP contribution in [0, 0.1) is 5.41 Å². The van der Waals surface area contributed by atoms with Gasteiger partial charge >= 0.3 is 0 Å². The molecule has 0 radical (unpaired) electrons. The maximum absolute atomic E-state index is 11.6. The number of halogens is 1. The van der Waals surface area contributed by atoms with Crippen LogP contribution in [-0.2, 0) is 4.79 Å². The van der Waals surface area contributed by atoms with Gasteiger partial charge in [0.2, 0.25) is 0 Å². The Kier molecular flexibility index (Phi) is 3.91. The van der Waals surface area contributed by atoms with Crippen molar-refractivity contribution >= 4 is 21.7 Å². The third-order valence-corrected chi connectivity index (χ3v) is 2.69. The number of benzene rings is 1. The summed E-state index contributed by atoms with van der Waals surface area (Å²) in [4.78, 5) is 11.6. The average Bonchev–Trinajstić information content (AvgIpc) is 2.14. The van der Waals surface area contributed by atoms with Gasteiger partial charge in [-0.25, -0.2) is 0 Å². The topological polar surface area (TPSA) is 26.3 Å². The van der Waals surface area contributed by atoms with Crippen LogP contribution in [0.25, 0.3) is 0 Å². The molecule has 0 saturated carbocycles. The maximum Gasteiger partial charge on any atom is 0.175 e. The second-order valence-electron chi connectivity index (χ2n) is 4.39. The van der Waals surface area contributed by atoms with Gasteiger partial charge in [0.1, 0.15) is 12.4 Å². The van der Waals surface area contributed by atoms with Crippen LogP contribution in [0.3, 0.4) is 0 Å². The highest BCUT2D eigenvalue weighted by Crippen LogP contribution is 2.24. The molecular weight excluding hydrogens is 256 g/mol. The van der Waals surface area contributed by atoms with Gasteiger partial charge in [-0.1, -0.05) is 32.9 Å². The Morgan fingerprint density at radius 1 is 1.33 bits per heavy atom. The van der Waals surface area contributed by atoms with E-state index < -0.39 is 0 Å². The second-order valence-corrected chi connectivity index (χ2v) is 5.25. The average molecular weight is 271 g/mol. The van der Waals surface area contributed by atoms with Crippen molar-refractivity contribution in [3.8, 4) is 5.75 Å². The minimum atomic E-state index is -0.346. The molecule has 2 nitrogen and oxygen atoms in total. The summed E-state index contributed by atoms with van der Waals surface area (Å²) in [6.07, 6.45) is 0. The van der Waals surface area contributed by atoms with Crippen LogP contribution >= 0.6 is 15.9 Å². The lowest BCUT2D eigenvalue weighted by molar-refractivity contribution is -0.128. The molecule has 0 unspecified atom stereocenters. The zero-order chi connectivity index (χ0) is 11.5. The molecular formula is C12H15BrO2. The molecule has 0 spiro atoms. The fourth-order valence-corrected chi connectivity index (χ4v) is 1.32. The number of hydrogen-bond acceptors (Lipinski definition) is 2. The van der Waals surface area contributed by atoms with Crippen LogP contribution < -0.4 is 4.74 Å². The molecule has 3 heteroatoms. The Morgan fingerprint density at radius 2 is 1.93 bits per heavy atom. The van der Waals surface area contributed by atoms with E-state index in [9.17, 15) is 4.79 Å². The van der Waals surface area contributed by atoms with Crippen LogP contribution in [0.5, 0.6) is 5.75 Å². The summed E-state index contributed by atoms with van der Waals surface area (Å²) < 4.78 is 6.30. The summed E-state index contributed by atoms with van der Waals surface area (Å²) in [6.45, 7) is 5.78. The van der Waals surface area contributed by atoms with Gasteiger partial charge < -0.3 is 4.74 Å². The smallest absolute Gasteiger partial charge is 0.175 e. The van der Waals surface area contributed by atoms with Crippen molar-refractivity contribution in [2.75, 3.05) is 6.61 Å². The summed E-state index contributed by atoms with van der Waals surface area (Å²) in [5.41, 5.74) is -0.346. The first-order valence-corrected chi connectivity index (χ1v) is 5.61. The van der Waals surface area contributed by atoms with Crippen LogP contribution in [0.4, 0.5) is 0 Å². The highest BCUT2D eigenvalue weighted by atomic mass is 79.9. The highest BCUT2D eigenvalue weighted by molar-refractivity contribution is 9.10. The summed E-state index contributed by atoms with van der Waals surface area (Å²) >= 11 is 3.36. The molecule has 0 heterocycles. The quantitative estimate of drug-likeness (QED) is 0.841. The van der Waals surface area contributed by atoms with Crippen molar-refractivity contribution in [3.63, 3.8) is 0 Å². The van der Waals surface area contributed by atoms with Crippen LogP contribution in [0.15, 0.2) is 28.7 Å². The minimum absolute atomic E-state index is 0.0956. The number of carbonyl (C=O) groups excluding carboxylic acids is 1. The Balaban J connectivity index is 2.59. The minimum Gasteiger partial charge on any atom is -0.485 e. The van der Waals surface area contributed by atoms with Crippen molar-refractivity contribution in [2.24, 2.45) is 5.41 Å². The fraction of sp³-hybridized carbons (Fsp3) is 0.417. The first-order chi connectivity index (χ1) is 6.91. The lowest BCUT2D eigenvalue weighted by Gasteiger charge is -2.17. The molecule has 82 valence electrons. The SMILES string of the molecule is CC(C)(C)C(=O)COc1ccccc1Br. The standard InChI is InChI=1S/C12H15BrO2/c1-12(2,3)11(14)8-15-10-7-5-4-6-9(10)13/h4-7H,8H2,1-3H3. The lowest BCUT2D eigenvalue weighted by Crippen LogP contribution is -2.26. The zero-order valence-electron chi connectivity index (χ0n) is 9.21. The maximum atomic E-state index is 11.6. The molecule has 0 bridgehead atoms. The zero-order valence-corrected chi connectivity index (χ0v) is 10.8. The van der Waals surface area contributed by atoms with Gasteiger partial charge in [-0.2, -0.15) is 0 Å². The molecule has 1 aromatic rings. The van der Waals surface area contributed by atoms with E-state index >= 15 is 0 Å². The summed E-state index contributed by atoms with van der Waals surface area (Å²) in [5, 5.41) is 0. The summed E-state index contributed by atoms with van der Waals surface area (Å²) in [5.74, 6) is 0.799. The molecule has 0 fully saturated rings. The van der Waals surface area contributed by atoms with Gasteiger partial charge in [0.25, 0.3) is 0 Å². The van der Waals surface area contributed by atoms with Crippen molar-refractivity contribution < 1.29 is 9.53 Å². The Morgan fingerprint density at radius 3 is 2.47 bits per heavy atom. The van der Waals surface area contributed by atoms with Crippen molar-refractivity contribution in [3.05, 3.63) is 28.7 Å². The van der Waals surface area contributed by atoms with Crippen molar-refractivity contribution in [1.29, 1.82) is 0 Å². The number of Topliss-reactive ketones (excluding diaryl/α,β-unsaturated/α-hetero) is 1. The predicted octanol–water partition coefficient (Wildman–Crippen LogP) is 3.44. The third kappa shape index (κ3) is 3.67. The molecule has 1 rings (SSSR count). The van der Waals surface area contributed by atoms with E-state index in [1.165, 1.54) is 0 Å². The molecule has 1 aromatic carbocycles. The highest BCUT2D eigenvalue weighted by Gasteiger charge is 2.21. The first-order valence-electron chi connectivity index (χ1n) is 4.82. The molecule has 0 aliphatic heterocycles. The molecule has 0 aromatic heterocycles. The van der Waals surface area contributed by atoms with E-state index in [1.807, 2.05) is 45.0 Å². The van der Waals surface area contributed by atoms with Gasteiger partial charge in [-0.3, -0.25) is 4.79 Å². The van der Waals surface area contributed by atoms with Gasteiger partial charge in [-0.15, -0.1) is 0 Å². The number of ketones is 1. The fourth-order valence-electron chi connectivity index (χ4n) is 0.922. The normalized spacial score (nSPS) is 11.2. The van der Waals surface area contributed by atoms with Crippen LogP contribution in [0.2, 0.25) is 0 Å². The number of carbonyl (C=O) groups is 1. The molecule has 0 aliphatic rings. The Labute approximate surface area is 98.8 Å². The van der Waals surface area contributed by atoms with Crippen LogP contribution in [-0.4, -0.2) is 12.4 Å². The Bertz CT molecular complexity index is 353. The van der Waals surface area contributed by atoms with Crippen LogP contribution in [0.1, 0.15) is 20.8 Å². The number of rotatable bonds is 3. The summed E-state index contributed by atoms with van der Waals surface area (Å²) in [6, 6.07) is 7.50. The van der Waals surface area contributed by atoms with Gasteiger partial charge in [0.05, 0.1) is 4.47 Å².